The third kappa shape index (κ3) is 8.59. The molecule has 1 N–H and O–H groups in total. The number of carbonyl (C=O) groups is 1. The number of halogens is 4. The molecule has 22 heavy (non-hydrogen) atoms. The predicted octanol–water partition coefficient (Wildman–Crippen LogP) is 5.53. The summed E-state index contributed by atoms with van der Waals surface area (Å²) in [6, 6.07) is 8.78. The molecule has 1 fully saturated rings. The minimum Gasteiger partial charge on any atom is -0.434 e. The van der Waals surface area contributed by atoms with E-state index in [1.165, 1.54) is 23.4 Å². The second-order valence-electron chi connectivity index (χ2n) is 5.03. The van der Waals surface area contributed by atoms with Crippen LogP contribution in [0.1, 0.15) is 31.7 Å². The van der Waals surface area contributed by atoms with Gasteiger partial charge in [0.1, 0.15) is 0 Å². The van der Waals surface area contributed by atoms with Crippen molar-refractivity contribution in [3.63, 3.8) is 0 Å². The van der Waals surface area contributed by atoms with Gasteiger partial charge in [-0.05, 0) is 56.0 Å². The van der Waals surface area contributed by atoms with Crippen LogP contribution in [-0.4, -0.2) is 24.1 Å². The van der Waals surface area contributed by atoms with Crippen molar-refractivity contribution < 1.29 is 9.53 Å². The molecule has 1 saturated heterocycles. The molecule has 0 aromatic heterocycles. The number of hydrogen-bond donors (Lipinski definition) is 1. The Labute approximate surface area is 156 Å². The van der Waals surface area contributed by atoms with Crippen LogP contribution >= 0.6 is 51.5 Å². The summed E-state index contributed by atoms with van der Waals surface area (Å²) in [6.45, 7) is 6.15. The zero-order chi connectivity index (χ0) is 15.8. The third-order valence-corrected chi connectivity index (χ3v) is 4.05. The van der Waals surface area contributed by atoms with Crippen LogP contribution in [0.2, 0.25) is 0 Å². The van der Waals surface area contributed by atoms with Gasteiger partial charge in [-0.1, -0.05) is 46.6 Å². The average molecular weight is 434 g/mol. The molecule has 1 aromatic carbocycles. The summed E-state index contributed by atoms with van der Waals surface area (Å²) in [6.07, 6.45) is 1.27. The largest absolute Gasteiger partial charge is 0.434 e. The van der Waals surface area contributed by atoms with Crippen molar-refractivity contribution in [3.8, 4) is 0 Å². The van der Waals surface area contributed by atoms with E-state index in [2.05, 4.69) is 57.2 Å². The lowest BCUT2D eigenvalue weighted by molar-refractivity contribution is 0.166. The van der Waals surface area contributed by atoms with Crippen LogP contribution in [0.15, 0.2) is 28.7 Å². The van der Waals surface area contributed by atoms with Crippen molar-refractivity contribution in [2.75, 3.05) is 13.1 Å². The molecule has 126 valence electrons. The number of alkyl halides is 1. The van der Waals surface area contributed by atoms with E-state index in [-0.39, 0.29) is 12.4 Å². The summed E-state index contributed by atoms with van der Waals surface area (Å²) >= 11 is 13.3. The summed E-state index contributed by atoms with van der Waals surface area (Å²) in [7, 11) is 0. The monoisotopic (exact) mass is 431 g/mol. The highest BCUT2D eigenvalue weighted by molar-refractivity contribution is 9.10. The number of carbonyl (C=O) groups excluding carboxylic acids is 1. The van der Waals surface area contributed by atoms with E-state index in [1.54, 1.807) is 0 Å². The van der Waals surface area contributed by atoms with Gasteiger partial charge in [0.25, 0.3) is 0 Å². The maximum Gasteiger partial charge on any atom is 0.405 e. The number of hydrogen-bond acceptors (Lipinski definition) is 3. The SMILES string of the molecule is CC(Cl)OC(=O)Cl.C[C@H]1CNCC[C@@H]1c1ccc(Br)cc1.Cl. The van der Waals surface area contributed by atoms with Gasteiger partial charge in [-0.15, -0.1) is 12.4 Å². The van der Waals surface area contributed by atoms with Gasteiger partial charge in [-0.3, -0.25) is 0 Å². The lowest BCUT2D eigenvalue weighted by atomic mass is 9.82. The van der Waals surface area contributed by atoms with Crippen LogP contribution in [0, 0.1) is 5.92 Å². The molecule has 2 rings (SSSR count). The molecular weight excluding hydrogens is 412 g/mol. The summed E-state index contributed by atoms with van der Waals surface area (Å²) < 4.78 is 5.31. The van der Waals surface area contributed by atoms with Crippen molar-refractivity contribution in [2.45, 2.75) is 31.7 Å². The highest BCUT2D eigenvalue weighted by Crippen LogP contribution is 2.30. The van der Waals surface area contributed by atoms with E-state index in [1.807, 2.05) is 0 Å². The number of benzene rings is 1. The Morgan fingerprint density at radius 2 is 2.00 bits per heavy atom. The normalized spacial score (nSPS) is 21.7. The van der Waals surface area contributed by atoms with Crippen LogP contribution in [0.3, 0.4) is 0 Å². The Morgan fingerprint density at radius 3 is 2.41 bits per heavy atom. The van der Waals surface area contributed by atoms with E-state index >= 15 is 0 Å². The number of ether oxygens (including phenoxy) is 1. The molecule has 1 unspecified atom stereocenters. The summed E-state index contributed by atoms with van der Waals surface area (Å²) in [4.78, 5) is 9.71. The first-order valence-corrected chi connectivity index (χ1v) is 8.47. The molecule has 0 saturated carbocycles. The fourth-order valence-electron chi connectivity index (χ4n) is 2.35. The topological polar surface area (TPSA) is 38.3 Å². The molecule has 7 heteroatoms. The first-order chi connectivity index (χ1) is 9.90. The van der Waals surface area contributed by atoms with Crippen LogP contribution in [0.25, 0.3) is 0 Å². The zero-order valence-corrected chi connectivity index (χ0v) is 16.4. The Kier molecular flexibility index (Phi) is 11.5. The molecule has 0 radical (unpaired) electrons. The Morgan fingerprint density at radius 1 is 1.41 bits per heavy atom. The first-order valence-electron chi connectivity index (χ1n) is 6.86. The highest BCUT2D eigenvalue weighted by Gasteiger charge is 2.22. The third-order valence-electron chi connectivity index (χ3n) is 3.34. The quantitative estimate of drug-likeness (QED) is 0.492. The second kappa shape index (κ2) is 11.5. The van der Waals surface area contributed by atoms with E-state index < -0.39 is 11.0 Å². The van der Waals surface area contributed by atoms with Crippen molar-refractivity contribution in [1.82, 2.24) is 5.32 Å². The minimum atomic E-state index is -0.873. The highest BCUT2D eigenvalue weighted by atomic mass is 79.9. The fraction of sp³-hybridized carbons (Fsp3) is 0.533. The number of piperidine rings is 1. The molecule has 3 atom stereocenters. The molecule has 0 bridgehead atoms. The van der Waals surface area contributed by atoms with Crippen LogP contribution < -0.4 is 5.32 Å². The van der Waals surface area contributed by atoms with Gasteiger partial charge in [0.05, 0.1) is 0 Å². The van der Waals surface area contributed by atoms with E-state index in [0.717, 1.165) is 24.9 Å². The number of nitrogens with one attached hydrogen (secondary N) is 1. The summed E-state index contributed by atoms with van der Waals surface area (Å²) in [5.41, 5.74) is -0.0188. The van der Waals surface area contributed by atoms with Gasteiger partial charge in [-0.2, -0.15) is 0 Å². The zero-order valence-electron chi connectivity index (χ0n) is 12.5. The predicted molar refractivity (Wildman–Crippen MR) is 98.4 cm³/mol. The minimum absolute atomic E-state index is 0. The van der Waals surface area contributed by atoms with E-state index in [0.29, 0.717) is 0 Å². The van der Waals surface area contributed by atoms with Crippen molar-refractivity contribution >= 4 is 57.0 Å². The maximum absolute atomic E-state index is 9.71. The molecular formula is C15H21BrCl3NO2. The summed E-state index contributed by atoms with van der Waals surface area (Å²) in [5, 5.41) is 3.44. The summed E-state index contributed by atoms with van der Waals surface area (Å²) in [5.74, 6) is 1.49. The lowest BCUT2D eigenvalue weighted by Crippen LogP contribution is -2.33. The van der Waals surface area contributed by atoms with Crippen LogP contribution in [-0.2, 0) is 4.74 Å². The maximum atomic E-state index is 9.71. The van der Waals surface area contributed by atoms with Gasteiger partial charge in [0.15, 0.2) is 5.56 Å². The molecule has 1 aliphatic rings. The van der Waals surface area contributed by atoms with Gasteiger partial charge in [-0.25, -0.2) is 4.79 Å². The van der Waals surface area contributed by atoms with Gasteiger partial charge >= 0.3 is 5.43 Å². The van der Waals surface area contributed by atoms with Crippen LogP contribution in [0.4, 0.5) is 4.79 Å². The van der Waals surface area contributed by atoms with Crippen molar-refractivity contribution in [3.05, 3.63) is 34.3 Å². The van der Waals surface area contributed by atoms with Crippen LogP contribution in [0.5, 0.6) is 0 Å². The second-order valence-corrected chi connectivity index (χ2v) is 6.87. The average Bonchev–Trinajstić information content (AvgIpc) is 2.39. The lowest BCUT2D eigenvalue weighted by Gasteiger charge is -2.29. The van der Waals surface area contributed by atoms with Crippen molar-refractivity contribution in [2.24, 2.45) is 5.92 Å². The first kappa shape index (κ1) is 22.0. The van der Waals surface area contributed by atoms with Gasteiger partial charge in [0.2, 0.25) is 0 Å². The standard InChI is InChI=1S/C12H16BrN.C3H4Cl2O2.ClH/c1-9-8-14-7-6-12(9)10-2-4-11(13)5-3-10;1-2(4)7-3(5)6;/h2-5,9,12,14H,6-8H2,1H3;2H,1H3;1H/t9-,12-;;/m0../s1. The smallest absolute Gasteiger partial charge is 0.405 e. The molecule has 3 nitrogen and oxygen atoms in total. The molecule has 1 aromatic rings. The molecule has 0 spiro atoms. The Balaban J connectivity index is 0.000000478. The van der Waals surface area contributed by atoms with Crippen molar-refractivity contribution in [1.29, 1.82) is 0 Å². The molecule has 0 amide bonds. The Bertz CT molecular complexity index is 443. The fourth-order valence-corrected chi connectivity index (χ4v) is 2.87. The van der Waals surface area contributed by atoms with Gasteiger partial charge < -0.3 is 10.1 Å². The Hall–Kier alpha value is -0.000000000000000167. The van der Waals surface area contributed by atoms with Gasteiger partial charge in [0, 0.05) is 16.1 Å². The molecule has 1 aliphatic heterocycles. The molecule has 1 heterocycles. The molecule has 0 aliphatic carbocycles. The van der Waals surface area contributed by atoms with E-state index in [4.69, 9.17) is 23.2 Å². The van der Waals surface area contributed by atoms with E-state index in [9.17, 15) is 4.79 Å². The number of rotatable bonds is 2.